The molecule has 0 aromatic heterocycles. The van der Waals surface area contributed by atoms with Crippen molar-refractivity contribution in [1.82, 2.24) is 0 Å². The lowest BCUT2D eigenvalue weighted by atomic mass is 10.2. The van der Waals surface area contributed by atoms with Crippen LogP contribution in [0.25, 0.3) is 0 Å². The molecule has 2 rings (SSSR count). The third kappa shape index (κ3) is 4.15. The Bertz CT molecular complexity index is 653. The smallest absolute Gasteiger partial charge is 0.143 e. The molecule has 0 radical (unpaired) electrons. The molecular formula is C14H11Br4NO2. The van der Waals surface area contributed by atoms with Crippen molar-refractivity contribution in [3.63, 3.8) is 0 Å². The number of hydrogen-bond donors (Lipinski definition) is 2. The largest absolute Gasteiger partial charge is 0.506 e. The van der Waals surface area contributed by atoms with Crippen LogP contribution >= 0.6 is 63.7 Å². The highest BCUT2D eigenvalue weighted by Gasteiger charge is 2.09. The van der Waals surface area contributed by atoms with E-state index in [1.54, 1.807) is 7.11 Å². The monoisotopic (exact) mass is 541 g/mol. The van der Waals surface area contributed by atoms with Crippen LogP contribution in [-0.2, 0) is 6.54 Å². The summed E-state index contributed by atoms with van der Waals surface area (Å²) in [6.45, 7) is 0.612. The van der Waals surface area contributed by atoms with Crippen LogP contribution in [0.2, 0.25) is 0 Å². The second-order valence-electron chi connectivity index (χ2n) is 4.23. The molecule has 0 heterocycles. The fourth-order valence-corrected chi connectivity index (χ4v) is 4.32. The normalized spacial score (nSPS) is 10.5. The average molecular weight is 545 g/mol. The van der Waals surface area contributed by atoms with E-state index < -0.39 is 0 Å². The Balaban J connectivity index is 2.20. The number of methoxy groups -OCH3 is 1. The minimum Gasteiger partial charge on any atom is -0.506 e. The van der Waals surface area contributed by atoms with E-state index in [0.29, 0.717) is 15.5 Å². The van der Waals surface area contributed by atoms with Gasteiger partial charge in [-0.25, -0.2) is 0 Å². The Morgan fingerprint density at radius 1 is 0.952 bits per heavy atom. The lowest BCUT2D eigenvalue weighted by Gasteiger charge is -2.13. The van der Waals surface area contributed by atoms with Gasteiger partial charge >= 0.3 is 0 Å². The molecule has 0 unspecified atom stereocenters. The second-order valence-corrected chi connectivity index (χ2v) is 7.65. The van der Waals surface area contributed by atoms with Gasteiger partial charge in [-0.3, -0.25) is 0 Å². The Kier molecular flexibility index (Phi) is 5.99. The number of phenols is 1. The maximum absolute atomic E-state index is 9.72. The van der Waals surface area contributed by atoms with Gasteiger partial charge in [-0.15, -0.1) is 0 Å². The van der Waals surface area contributed by atoms with Gasteiger partial charge in [0, 0.05) is 17.1 Å². The van der Waals surface area contributed by atoms with E-state index in [1.165, 1.54) is 0 Å². The van der Waals surface area contributed by atoms with E-state index in [2.05, 4.69) is 69.0 Å². The van der Waals surface area contributed by atoms with Crippen LogP contribution in [-0.4, -0.2) is 12.2 Å². The minimum absolute atomic E-state index is 0.199. The number of phenolic OH excluding ortho intramolecular Hbond substituents is 1. The number of ether oxygens (including phenoxy) is 1. The Morgan fingerprint density at radius 2 is 1.57 bits per heavy atom. The number of aromatic hydroxyl groups is 1. The molecule has 7 heteroatoms. The maximum Gasteiger partial charge on any atom is 0.143 e. The van der Waals surface area contributed by atoms with Gasteiger partial charge in [0.05, 0.1) is 26.2 Å². The zero-order chi connectivity index (χ0) is 15.6. The Hall–Kier alpha value is -0.240. The van der Waals surface area contributed by atoms with E-state index in [0.717, 1.165) is 25.9 Å². The van der Waals surface area contributed by atoms with Crippen LogP contribution < -0.4 is 10.1 Å². The van der Waals surface area contributed by atoms with Gasteiger partial charge in [0.25, 0.3) is 0 Å². The van der Waals surface area contributed by atoms with Gasteiger partial charge < -0.3 is 15.2 Å². The molecule has 0 bridgehead atoms. The van der Waals surface area contributed by atoms with E-state index in [1.807, 2.05) is 24.3 Å². The molecule has 2 aromatic carbocycles. The van der Waals surface area contributed by atoms with Crippen molar-refractivity contribution in [3.05, 3.63) is 47.7 Å². The molecule has 0 fully saturated rings. The molecule has 112 valence electrons. The molecule has 0 atom stereocenters. The Morgan fingerprint density at radius 3 is 2.14 bits per heavy atom. The van der Waals surface area contributed by atoms with Gasteiger partial charge in [-0.05, 0) is 87.5 Å². The summed E-state index contributed by atoms with van der Waals surface area (Å²) in [5, 5.41) is 13.0. The van der Waals surface area contributed by atoms with Gasteiger partial charge in [-0.2, -0.15) is 0 Å². The summed E-state index contributed by atoms with van der Waals surface area (Å²) in [6, 6.07) is 7.59. The van der Waals surface area contributed by atoms with E-state index in [9.17, 15) is 5.11 Å². The highest BCUT2D eigenvalue weighted by atomic mass is 79.9. The SMILES string of the molecule is COc1cc(NCc2cc(Br)c(O)c(Br)c2)c(Br)cc1Br. The standard InChI is InChI=1S/C14H11Br4NO2/c1-21-13-5-12(8(15)4-9(13)16)19-6-7-2-10(17)14(20)11(18)3-7/h2-5,19-20H,6H2,1H3. The van der Waals surface area contributed by atoms with E-state index in [-0.39, 0.29) is 5.75 Å². The van der Waals surface area contributed by atoms with Crippen LogP contribution in [0, 0.1) is 0 Å². The predicted octanol–water partition coefficient (Wildman–Crippen LogP) is 6.06. The number of benzene rings is 2. The fraction of sp³-hybridized carbons (Fsp3) is 0.143. The van der Waals surface area contributed by atoms with Gasteiger partial charge in [-0.1, -0.05) is 0 Å². The second kappa shape index (κ2) is 7.35. The van der Waals surface area contributed by atoms with E-state index >= 15 is 0 Å². The maximum atomic E-state index is 9.72. The van der Waals surface area contributed by atoms with Gasteiger partial charge in [0.1, 0.15) is 11.5 Å². The molecule has 2 N–H and O–H groups in total. The average Bonchev–Trinajstić information content (AvgIpc) is 2.43. The van der Waals surface area contributed by atoms with Crippen molar-refractivity contribution in [3.8, 4) is 11.5 Å². The van der Waals surface area contributed by atoms with Crippen molar-refractivity contribution in [2.75, 3.05) is 12.4 Å². The molecular weight excluding hydrogens is 534 g/mol. The topological polar surface area (TPSA) is 41.5 Å². The third-order valence-corrected chi connectivity index (χ3v) is 5.29. The summed E-state index contributed by atoms with van der Waals surface area (Å²) >= 11 is 13.6. The molecule has 0 aliphatic heterocycles. The van der Waals surface area contributed by atoms with Crippen molar-refractivity contribution < 1.29 is 9.84 Å². The third-order valence-electron chi connectivity index (χ3n) is 2.80. The molecule has 0 spiro atoms. The van der Waals surface area contributed by atoms with Crippen molar-refractivity contribution in [2.45, 2.75) is 6.54 Å². The quantitative estimate of drug-likeness (QED) is 0.491. The van der Waals surface area contributed by atoms with Crippen LogP contribution in [0.4, 0.5) is 5.69 Å². The number of nitrogens with one attached hydrogen (secondary N) is 1. The number of anilines is 1. The fourth-order valence-electron chi connectivity index (χ4n) is 1.74. The first-order chi connectivity index (χ1) is 9.92. The number of rotatable bonds is 4. The molecule has 3 nitrogen and oxygen atoms in total. The molecule has 0 amide bonds. The van der Waals surface area contributed by atoms with Crippen molar-refractivity contribution in [1.29, 1.82) is 0 Å². The first-order valence-electron chi connectivity index (χ1n) is 5.86. The van der Waals surface area contributed by atoms with Crippen LogP contribution in [0.15, 0.2) is 42.2 Å². The van der Waals surface area contributed by atoms with Gasteiger partial charge in [0.2, 0.25) is 0 Å². The first kappa shape index (κ1) is 17.1. The van der Waals surface area contributed by atoms with Crippen molar-refractivity contribution in [2.24, 2.45) is 0 Å². The van der Waals surface area contributed by atoms with Crippen LogP contribution in [0.1, 0.15) is 5.56 Å². The highest BCUT2D eigenvalue weighted by Crippen LogP contribution is 2.36. The Labute approximate surface area is 156 Å². The lowest BCUT2D eigenvalue weighted by molar-refractivity contribution is 0.412. The molecule has 0 saturated carbocycles. The zero-order valence-electron chi connectivity index (χ0n) is 10.9. The summed E-state index contributed by atoms with van der Waals surface area (Å²) in [5.41, 5.74) is 1.95. The highest BCUT2D eigenvalue weighted by molar-refractivity contribution is 9.11. The predicted molar refractivity (Wildman–Crippen MR) is 99.2 cm³/mol. The summed E-state index contributed by atoms with van der Waals surface area (Å²) in [5.74, 6) is 0.957. The molecule has 2 aromatic rings. The minimum atomic E-state index is 0.199. The number of hydrogen-bond acceptors (Lipinski definition) is 3. The molecule has 0 aliphatic carbocycles. The van der Waals surface area contributed by atoms with Crippen molar-refractivity contribution >= 4 is 69.4 Å². The lowest BCUT2D eigenvalue weighted by Crippen LogP contribution is -2.01. The van der Waals surface area contributed by atoms with Gasteiger partial charge in [0.15, 0.2) is 0 Å². The summed E-state index contributed by atoms with van der Waals surface area (Å²) < 4.78 is 8.42. The van der Waals surface area contributed by atoms with E-state index in [4.69, 9.17) is 4.74 Å². The molecule has 21 heavy (non-hydrogen) atoms. The molecule has 0 saturated heterocycles. The van der Waals surface area contributed by atoms with Crippen LogP contribution in [0.5, 0.6) is 11.5 Å². The summed E-state index contributed by atoms with van der Waals surface area (Å²) in [7, 11) is 1.63. The zero-order valence-corrected chi connectivity index (χ0v) is 17.2. The summed E-state index contributed by atoms with van der Waals surface area (Å²) in [6.07, 6.45) is 0. The van der Waals surface area contributed by atoms with Crippen LogP contribution in [0.3, 0.4) is 0 Å². The number of halogens is 4. The first-order valence-corrected chi connectivity index (χ1v) is 9.03. The summed E-state index contributed by atoms with van der Waals surface area (Å²) in [4.78, 5) is 0. The molecule has 0 aliphatic rings.